The zero-order chi connectivity index (χ0) is 37.2. The molecule has 286 valence electrons. The zero-order valence-corrected chi connectivity index (χ0v) is 33.4. The lowest BCUT2D eigenvalue weighted by Gasteiger charge is -2.68. The molecule has 0 aromatic rings. The van der Waals surface area contributed by atoms with E-state index in [0.29, 0.717) is 42.9 Å². The number of carbonyl (C=O) groups excluding carboxylic acids is 1. The van der Waals surface area contributed by atoms with Gasteiger partial charge in [0, 0.05) is 38.8 Å². The van der Waals surface area contributed by atoms with E-state index in [1.54, 1.807) is 0 Å². The summed E-state index contributed by atoms with van der Waals surface area (Å²) < 4.78 is 14.0. The Morgan fingerprint density at radius 1 is 1.00 bits per heavy atom. The normalized spacial score (nSPS) is 42.3. The Kier molecular flexibility index (Phi) is 10.3. The first-order chi connectivity index (χ1) is 23.9. The molecule has 6 nitrogen and oxygen atoms in total. The first-order valence-corrected chi connectivity index (χ1v) is 20.5. The maximum Gasteiger partial charge on any atom is 0.319 e. The minimum Gasteiger partial charge on any atom is -0.481 e. The Labute approximate surface area is 309 Å². The molecule has 0 bridgehead atoms. The van der Waals surface area contributed by atoms with Gasteiger partial charge in [0.05, 0.1) is 5.41 Å². The lowest BCUT2D eigenvalue weighted by Crippen LogP contribution is -2.61. The van der Waals surface area contributed by atoms with Gasteiger partial charge in [-0.2, -0.15) is 0 Å². The molecule has 0 radical (unpaired) electrons. The number of allylic oxidation sites excluding steroid dienone is 5. The van der Waals surface area contributed by atoms with Gasteiger partial charge in [-0.3, -0.25) is 4.79 Å². The number of carbonyl (C=O) groups is 2. The van der Waals surface area contributed by atoms with Gasteiger partial charge in [-0.05, 0) is 140 Å². The van der Waals surface area contributed by atoms with Crippen LogP contribution in [-0.4, -0.2) is 72.3 Å². The summed E-state index contributed by atoms with van der Waals surface area (Å²) in [6.45, 7) is 24.4. The van der Waals surface area contributed by atoms with Gasteiger partial charge < -0.3 is 20.2 Å². The Bertz CT molecular complexity index is 1450. The maximum atomic E-state index is 14.0. The first kappa shape index (κ1) is 38.6. The van der Waals surface area contributed by atoms with Gasteiger partial charge in [0.1, 0.15) is 6.67 Å². The van der Waals surface area contributed by atoms with Crippen molar-refractivity contribution < 1.29 is 19.1 Å². The minimum atomic E-state index is -1.25. The third-order valence-corrected chi connectivity index (χ3v) is 17.2. The van der Waals surface area contributed by atoms with Crippen LogP contribution in [0.2, 0.25) is 0 Å². The molecule has 6 rings (SSSR count). The van der Waals surface area contributed by atoms with Gasteiger partial charge in [-0.15, -0.1) is 0 Å². The predicted molar refractivity (Wildman–Crippen MR) is 205 cm³/mol. The van der Waals surface area contributed by atoms with Crippen molar-refractivity contribution in [1.82, 2.24) is 15.1 Å². The fraction of sp³-hybridized carbons (Fsp3) is 0.818. The Balaban J connectivity index is 1.22. The third kappa shape index (κ3) is 6.15. The van der Waals surface area contributed by atoms with Crippen molar-refractivity contribution >= 4 is 12.0 Å². The smallest absolute Gasteiger partial charge is 0.319 e. The topological polar surface area (TPSA) is 72.9 Å². The number of hydrogen-bond acceptors (Lipinski definition) is 3. The summed E-state index contributed by atoms with van der Waals surface area (Å²) in [5, 5.41) is 13.9. The highest BCUT2D eigenvalue weighted by Crippen LogP contribution is 2.72. The van der Waals surface area contributed by atoms with Crippen molar-refractivity contribution in [2.75, 3.05) is 39.9 Å². The van der Waals surface area contributed by atoms with Gasteiger partial charge >= 0.3 is 12.0 Å². The zero-order valence-electron chi connectivity index (χ0n) is 33.4. The Morgan fingerprint density at radius 2 is 1.75 bits per heavy atom. The van der Waals surface area contributed by atoms with E-state index in [0.717, 1.165) is 32.6 Å². The summed E-state index contributed by atoms with van der Waals surface area (Å²) >= 11 is 0. The molecule has 0 aromatic heterocycles. The summed E-state index contributed by atoms with van der Waals surface area (Å²) in [6.07, 6.45) is 18.1. The molecule has 2 N–H and O–H groups in total. The van der Waals surface area contributed by atoms with E-state index in [1.807, 2.05) is 16.8 Å². The average molecular weight is 708 g/mol. The molecule has 1 aliphatic heterocycles. The monoisotopic (exact) mass is 708 g/mol. The molecule has 1 heterocycles. The number of halogens is 1. The van der Waals surface area contributed by atoms with Crippen molar-refractivity contribution in [3.05, 3.63) is 35.5 Å². The molecule has 0 unspecified atom stereocenters. The summed E-state index contributed by atoms with van der Waals surface area (Å²) in [4.78, 5) is 28.5. The lowest BCUT2D eigenvalue weighted by atomic mass is 9.36. The Morgan fingerprint density at radius 3 is 2.33 bits per heavy atom. The van der Waals surface area contributed by atoms with Crippen LogP contribution in [0, 0.1) is 50.7 Å². The molecule has 2 amide bonds. The molecule has 3 saturated carbocycles. The maximum absolute atomic E-state index is 14.0. The van der Waals surface area contributed by atoms with E-state index in [9.17, 15) is 19.1 Å². The first-order valence-electron chi connectivity index (χ1n) is 20.5. The van der Waals surface area contributed by atoms with Crippen LogP contribution in [0.25, 0.3) is 0 Å². The number of carboxylic acids is 1. The van der Waals surface area contributed by atoms with Gasteiger partial charge in [-0.25, -0.2) is 9.18 Å². The molecule has 0 spiro atoms. The highest BCUT2D eigenvalue weighted by Gasteiger charge is 2.64. The molecule has 4 fully saturated rings. The second-order valence-electron chi connectivity index (χ2n) is 19.8. The number of aliphatic carboxylic acids is 1. The molecular weight excluding hydrogens is 638 g/mol. The minimum absolute atomic E-state index is 0.0106. The van der Waals surface area contributed by atoms with Crippen LogP contribution in [0.3, 0.4) is 0 Å². The largest absolute Gasteiger partial charge is 0.481 e. The fourth-order valence-electron chi connectivity index (χ4n) is 13.5. The number of nitrogens with zero attached hydrogens (tertiary/aromatic N) is 2. The van der Waals surface area contributed by atoms with Crippen LogP contribution in [0.4, 0.5) is 9.18 Å². The van der Waals surface area contributed by atoms with Crippen molar-refractivity contribution in [1.29, 1.82) is 0 Å². The van der Waals surface area contributed by atoms with Crippen LogP contribution in [0.15, 0.2) is 35.5 Å². The number of carboxylic acid groups (broad SMARTS) is 1. The van der Waals surface area contributed by atoms with E-state index in [2.05, 4.69) is 72.5 Å². The van der Waals surface area contributed by atoms with Crippen molar-refractivity contribution in [2.45, 2.75) is 137 Å². The molecule has 7 heteroatoms. The van der Waals surface area contributed by atoms with Crippen LogP contribution in [0.1, 0.15) is 132 Å². The van der Waals surface area contributed by atoms with E-state index < -0.39 is 18.1 Å². The fourth-order valence-corrected chi connectivity index (χ4v) is 13.5. The molecular formula is C44H70FN3O3. The van der Waals surface area contributed by atoms with Crippen molar-refractivity contribution in [2.24, 2.45) is 50.7 Å². The second-order valence-corrected chi connectivity index (χ2v) is 19.8. The second kappa shape index (κ2) is 13.6. The van der Waals surface area contributed by atoms with Gasteiger partial charge in [0.15, 0.2) is 0 Å². The number of amides is 2. The molecule has 51 heavy (non-hydrogen) atoms. The number of likely N-dealkylation sites (N-methyl/N-ethyl adjacent to an activating group) is 1. The van der Waals surface area contributed by atoms with E-state index in [-0.39, 0.29) is 33.2 Å². The summed E-state index contributed by atoms with van der Waals surface area (Å²) in [5.41, 5.74) is 3.49. The van der Waals surface area contributed by atoms with E-state index in [1.165, 1.54) is 74.5 Å². The SMILES string of the molecule is C=C(C)[C@@H]1CC[C@@](CC[C@]2(C)CCC[C@@H]3[C@@]4(C)CC=C(C5=CC[C@](CF)(C(=O)O)CC5)C(C)(C)[C@@H]4CC[C@]32C)(NCCN2CCN(C)C2=O)[C@H]1C. The van der Waals surface area contributed by atoms with Gasteiger partial charge in [-0.1, -0.05) is 72.3 Å². The van der Waals surface area contributed by atoms with Gasteiger partial charge in [0.2, 0.25) is 0 Å². The van der Waals surface area contributed by atoms with E-state index >= 15 is 0 Å². The molecule has 0 aromatic carbocycles. The standard InChI is InChI=1S/C44H70FN3O3/c1-30(2)33-14-22-44(31(33)3,46-25-26-48-28-27-47(9)38(48)51)24-23-40(6)17-10-11-36-41(7)18-15-34(39(4,5)35(41)16-19-42(36,40)8)32-12-20-43(29-45,21-13-32)37(49)50/h12,15,31,33,35-36,46H,1,10-11,13-14,16-29H2,2-9H3,(H,49,50)/t31-,33-,35-,36+,40-,41-,42+,43-,44-/m0/s1. The third-order valence-electron chi connectivity index (χ3n) is 17.2. The Hall–Kier alpha value is -2.15. The van der Waals surface area contributed by atoms with E-state index in [4.69, 9.17) is 0 Å². The lowest BCUT2D eigenvalue weighted by molar-refractivity contribution is -0.175. The summed E-state index contributed by atoms with van der Waals surface area (Å²) in [7, 11) is 1.90. The van der Waals surface area contributed by atoms with Crippen LogP contribution in [0.5, 0.6) is 0 Å². The van der Waals surface area contributed by atoms with Crippen LogP contribution >= 0.6 is 0 Å². The number of hydrogen-bond donors (Lipinski definition) is 2. The highest BCUT2D eigenvalue weighted by molar-refractivity contribution is 5.76. The predicted octanol–water partition coefficient (Wildman–Crippen LogP) is 9.82. The number of rotatable bonds is 11. The average Bonchev–Trinajstić information content (AvgIpc) is 3.58. The summed E-state index contributed by atoms with van der Waals surface area (Å²) in [6, 6.07) is 0.156. The van der Waals surface area contributed by atoms with Crippen molar-refractivity contribution in [3.8, 4) is 0 Å². The number of urea groups is 1. The quantitative estimate of drug-likeness (QED) is 0.210. The number of fused-ring (bicyclic) bond motifs is 3. The molecule has 1 saturated heterocycles. The number of nitrogens with one attached hydrogen (secondary N) is 1. The summed E-state index contributed by atoms with van der Waals surface area (Å²) in [5.74, 6) is 1.26. The molecule has 9 atom stereocenters. The van der Waals surface area contributed by atoms with Gasteiger partial charge in [0.25, 0.3) is 0 Å². The highest BCUT2D eigenvalue weighted by atomic mass is 19.1. The number of alkyl halides is 1. The van der Waals surface area contributed by atoms with Crippen LogP contribution in [-0.2, 0) is 4.79 Å². The molecule has 6 aliphatic rings. The molecule has 5 aliphatic carbocycles. The van der Waals surface area contributed by atoms with Crippen LogP contribution < -0.4 is 5.32 Å². The van der Waals surface area contributed by atoms with Crippen molar-refractivity contribution in [3.63, 3.8) is 0 Å².